The first-order valence-electron chi connectivity index (χ1n) is 8.84. The van der Waals surface area contributed by atoms with E-state index in [2.05, 4.69) is 0 Å². The highest BCUT2D eigenvalue weighted by molar-refractivity contribution is 7.13. The number of para-hydroxylation sites is 2. The molecule has 4 nitrogen and oxygen atoms in total. The molecule has 1 amide bonds. The van der Waals surface area contributed by atoms with Crippen molar-refractivity contribution in [2.45, 2.75) is 6.92 Å². The molecule has 2 heterocycles. The average molecular weight is 373 g/mol. The second kappa shape index (κ2) is 7.60. The summed E-state index contributed by atoms with van der Waals surface area (Å²) in [6, 6.07) is 23.6. The van der Waals surface area contributed by atoms with E-state index in [1.807, 2.05) is 91.3 Å². The van der Waals surface area contributed by atoms with Crippen LogP contribution in [0.4, 0.5) is 5.69 Å². The highest BCUT2D eigenvalue weighted by atomic mass is 32.1. The topological polar surface area (TPSA) is 38.1 Å². The average Bonchev–Trinajstić information content (AvgIpc) is 3.40. The lowest BCUT2D eigenvalue weighted by Crippen LogP contribution is -2.30. The van der Waals surface area contributed by atoms with Crippen LogP contribution in [0, 0.1) is 0 Å². The van der Waals surface area contributed by atoms with Crippen LogP contribution in [0.1, 0.15) is 17.3 Å². The van der Waals surface area contributed by atoms with E-state index in [4.69, 9.17) is 5.10 Å². The van der Waals surface area contributed by atoms with E-state index < -0.39 is 0 Å². The highest BCUT2D eigenvalue weighted by Crippen LogP contribution is 2.29. The van der Waals surface area contributed by atoms with Gasteiger partial charge in [-0.1, -0.05) is 42.5 Å². The summed E-state index contributed by atoms with van der Waals surface area (Å²) in [6.07, 6.45) is 1.83. The van der Waals surface area contributed by atoms with Crippen molar-refractivity contribution in [3.8, 4) is 16.3 Å². The Balaban J connectivity index is 1.81. The second-order valence-electron chi connectivity index (χ2n) is 6.03. The minimum absolute atomic E-state index is 0.0470. The van der Waals surface area contributed by atoms with Gasteiger partial charge in [-0.05, 0) is 42.6 Å². The third-order valence-electron chi connectivity index (χ3n) is 4.35. The SMILES string of the molecule is CCN(C(=O)c1cn(-c2ccccc2)nc1-c1cccs1)c1ccccc1. The van der Waals surface area contributed by atoms with Gasteiger partial charge in [0.2, 0.25) is 0 Å². The standard InChI is InChI=1S/C22H19N3OS/c1-2-24(17-10-5-3-6-11-17)22(26)19-16-25(18-12-7-4-8-13-18)23-21(19)20-14-9-15-27-20/h3-16H,2H2,1H3. The molecule has 0 aliphatic heterocycles. The van der Waals surface area contributed by atoms with Crippen molar-refractivity contribution < 1.29 is 4.79 Å². The molecule has 0 N–H and O–H groups in total. The number of carbonyl (C=O) groups excluding carboxylic acids is 1. The summed E-state index contributed by atoms with van der Waals surface area (Å²) in [6.45, 7) is 2.57. The first-order chi connectivity index (χ1) is 13.3. The maximum absolute atomic E-state index is 13.4. The number of rotatable bonds is 5. The third-order valence-corrected chi connectivity index (χ3v) is 5.23. The minimum atomic E-state index is -0.0470. The van der Waals surface area contributed by atoms with Gasteiger partial charge in [0.25, 0.3) is 5.91 Å². The van der Waals surface area contributed by atoms with Crippen molar-refractivity contribution in [2.75, 3.05) is 11.4 Å². The number of hydrogen-bond donors (Lipinski definition) is 0. The third kappa shape index (κ3) is 3.41. The van der Waals surface area contributed by atoms with Gasteiger partial charge in [0.05, 0.1) is 16.1 Å². The fourth-order valence-corrected chi connectivity index (χ4v) is 3.76. The fourth-order valence-electron chi connectivity index (χ4n) is 3.04. The summed E-state index contributed by atoms with van der Waals surface area (Å²) in [5, 5.41) is 6.73. The zero-order valence-electron chi connectivity index (χ0n) is 14.9. The molecule has 4 aromatic rings. The molecule has 4 rings (SSSR count). The van der Waals surface area contributed by atoms with Gasteiger partial charge in [0.1, 0.15) is 5.69 Å². The van der Waals surface area contributed by atoms with Crippen LogP contribution < -0.4 is 4.90 Å². The van der Waals surface area contributed by atoms with Crippen LogP contribution in [0.15, 0.2) is 84.4 Å². The summed E-state index contributed by atoms with van der Waals surface area (Å²) in [5.74, 6) is -0.0470. The highest BCUT2D eigenvalue weighted by Gasteiger charge is 2.24. The molecule has 0 aliphatic carbocycles. The molecule has 134 valence electrons. The zero-order valence-corrected chi connectivity index (χ0v) is 15.8. The Bertz CT molecular complexity index is 1020. The largest absolute Gasteiger partial charge is 0.309 e. The number of carbonyl (C=O) groups is 1. The first-order valence-corrected chi connectivity index (χ1v) is 9.71. The van der Waals surface area contributed by atoms with Gasteiger partial charge in [-0.25, -0.2) is 4.68 Å². The Morgan fingerprint density at radius 3 is 2.33 bits per heavy atom. The van der Waals surface area contributed by atoms with Crippen LogP contribution in [0.5, 0.6) is 0 Å². The summed E-state index contributed by atoms with van der Waals surface area (Å²) in [4.78, 5) is 16.2. The molecular formula is C22H19N3OS. The van der Waals surface area contributed by atoms with Crippen molar-refractivity contribution in [3.63, 3.8) is 0 Å². The lowest BCUT2D eigenvalue weighted by molar-refractivity contribution is 0.0989. The Hall–Kier alpha value is -3.18. The van der Waals surface area contributed by atoms with Crippen LogP contribution in [-0.2, 0) is 0 Å². The lowest BCUT2D eigenvalue weighted by atomic mass is 10.1. The van der Waals surface area contributed by atoms with E-state index in [-0.39, 0.29) is 5.91 Å². The molecule has 2 aromatic heterocycles. The molecular weight excluding hydrogens is 354 g/mol. The van der Waals surface area contributed by atoms with Crippen molar-refractivity contribution in [2.24, 2.45) is 0 Å². The molecule has 0 saturated carbocycles. The molecule has 0 atom stereocenters. The van der Waals surface area contributed by atoms with Crippen molar-refractivity contribution in [1.29, 1.82) is 0 Å². The Labute approximate surface area is 162 Å². The number of anilines is 1. The summed E-state index contributed by atoms with van der Waals surface area (Å²) < 4.78 is 1.78. The first kappa shape index (κ1) is 17.2. The molecule has 0 saturated heterocycles. The van der Waals surface area contributed by atoms with Gasteiger partial charge in [-0.3, -0.25) is 4.79 Å². The summed E-state index contributed by atoms with van der Waals surface area (Å²) >= 11 is 1.58. The van der Waals surface area contributed by atoms with Crippen molar-refractivity contribution in [3.05, 3.63) is 89.9 Å². The zero-order chi connectivity index (χ0) is 18.6. The normalized spacial score (nSPS) is 10.7. The number of amides is 1. The second-order valence-corrected chi connectivity index (χ2v) is 6.98. The maximum Gasteiger partial charge on any atom is 0.262 e. The predicted molar refractivity (Wildman–Crippen MR) is 111 cm³/mol. The van der Waals surface area contributed by atoms with E-state index in [0.29, 0.717) is 17.8 Å². The van der Waals surface area contributed by atoms with E-state index in [1.165, 1.54) is 0 Å². The molecule has 5 heteroatoms. The van der Waals surface area contributed by atoms with Gasteiger partial charge in [-0.2, -0.15) is 5.10 Å². The Morgan fingerprint density at radius 2 is 1.70 bits per heavy atom. The van der Waals surface area contributed by atoms with Gasteiger partial charge in [0, 0.05) is 18.4 Å². The monoisotopic (exact) mass is 373 g/mol. The number of thiophene rings is 1. The molecule has 0 aliphatic rings. The molecule has 2 aromatic carbocycles. The van der Waals surface area contributed by atoms with Crippen LogP contribution in [0.2, 0.25) is 0 Å². The van der Waals surface area contributed by atoms with Gasteiger partial charge in [-0.15, -0.1) is 11.3 Å². The maximum atomic E-state index is 13.4. The fraction of sp³-hybridized carbons (Fsp3) is 0.0909. The Kier molecular flexibility index (Phi) is 4.85. The van der Waals surface area contributed by atoms with E-state index in [0.717, 1.165) is 16.3 Å². The van der Waals surface area contributed by atoms with Crippen LogP contribution in [-0.4, -0.2) is 22.2 Å². The lowest BCUT2D eigenvalue weighted by Gasteiger charge is -2.20. The van der Waals surface area contributed by atoms with E-state index in [9.17, 15) is 4.79 Å². The molecule has 0 bridgehead atoms. The number of benzene rings is 2. The van der Waals surface area contributed by atoms with Crippen LogP contribution in [0.25, 0.3) is 16.3 Å². The van der Waals surface area contributed by atoms with Gasteiger partial charge >= 0.3 is 0 Å². The van der Waals surface area contributed by atoms with E-state index in [1.54, 1.807) is 20.9 Å². The van der Waals surface area contributed by atoms with Crippen molar-refractivity contribution in [1.82, 2.24) is 9.78 Å². The molecule has 0 fully saturated rings. The van der Waals surface area contributed by atoms with E-state index >= 15 is 0 Å². The van der Waals surface area contributed by atoms with Crippen LogP contribution in [0.3, 0.4) is 0 Å². The number of nitrogens with zero attached hydrogens (tertiary/aromatic N) is 3. The molecule has 0 unspecified atom stereocenters. The van der Waals surface area contributed by atoms with Crippen LogP contribution >= 0.6 is 11.3 Å². The molecule has 0 spiro atoms. The summed E-state index contributed by atoms with van der Waals surface area (Å²) in [5.41, 5.74) is 3.13. The predicted octanol–water partition coefficient (Wildman–Crippen LogP) is 5.27. The smallest absolute Gasteiger partial charge is 0.262 e. The Morgan fingerprint density at radius 1 is 1.00 bits per heavy atom. The van der Waals surface area contributed by atoms with Gasteiger partial charge in [0.15, 0.2) is 0 Å². The number of aromatic nitrogens is 2. The van der Waals surface area contributed by atoms with Gasteiger partial charge < -0.3 is 4.90 Å². The minimum Gasteiger partial charge on any atom is -0.309 e. The summed E-state index contributed by atoms with van der Waals surface area (Å²) in [7, 11) is 0. The molecule has 0 radical (unpaired) electrons. The van der Waals surface area contributed by atoms with Crippen molar-refractivity contribution >= 4 is 22.9 Å². The molecule has 27 heavy (non-hydrogen) atoms. The number of hydrogen-bond acceptors (Lipinski definition) is 3. The quantitative estimate of drug-likeness (QED) is 0.478.